The van der Waals surface area contributed by atoms with Crippen molar-refractivity contribution in [1.82, 2.24) is 0 Å². The molecule has 0 saturated heterocycles. The Balaban J connectivity index is 1.87. The van der Waals surface area contributed by atoms with Gasteiger partial charge in [-0.05, 0) is 40.5 Å². The largest absolute Gasteiger partial charge is 0.324 e. The zero-order chi connectivity index (χ0) is 14.8. The summed E-state index contributed by atoms with van der Waals surface area (Å²) in [6, 6.07) is 19.1. The first-order chi connectivity index (χ1) is 10.1. The molecular formula is C18H15BrFN. The van der Waals surface area contributed by atoms with Gasteiger partial charge in [-0.15, -0.1) is 0 Å². The Kier molecular flexibility index (Phi) is 4.04. The van der Waals surface area contributed by atoms with Gasteiger partial charge in [0.25, 0.3) is 0 Å². The van der Waals surface area contributed by atoms with E-state index in [9.17, 15) is 4.39 Å². The van der Waals surface area contributed by atoms with E-state index in [1.165, 1.54) is 28.5 Å². The zero-order valence-electron chi connectivity index (χ0n) is 11.4. The molecule has 21 heavy (non-hydrogen) atoms. The summed E-state index contributed by atoms with van der Waals surface area (Å²) in [7, 11) is 0. The normalized spacial score (nSPS) is 12.5. The molecule has 0 fully saturated rings. The van der Waals surface area contributed by atoms with Gasteiger partial charge in [0, 0.05) is 10.5 Å². The van der Waals surface area contributed by atoms with E-state index in [-0.39, 0.29) is 11.9 Å². The van der Waals surface area contributed by atoms with Gasteiger partial charge < -0.3 is 5.73 Å². The van der Waals surface area contributed by atoms with Crippen molar-refractivity contribution < 1.29 is 4.39 Å². The third kappa shape index (κ3) is 3.14. The molecule has 0 aliphatic heterocycles. The summed E-state index contributed by atoms with van der Waals surface area (Å²) >= 11 is 3.38. The molecule has 0 radical (unpaired) electrons. The summed E-state index contributed by atoms with van der Waals surface area (Å²) in [6.07, 6.45) is 0.717. The first-order valence-corrected chi connectivity index (χ1v) is 7.61. The minimum Gasteiger partial charge on any atom is -0.324 e. The average molecular weight is 344 g/mol. The second kappa shape index (κ2) is 5.96. The van der Waals surface area contributed by atoms with E-state index in [1.807, 2.05) is 12.1 Å². The molecule has 0 saturated carbocycles. The molecular weight excluding hydrogens is 329 g/mol. The lowest BCUT2D eigenvalue weighted by Gasteiger charge is -2.14. The molecule has 3 aromatic carbocycles. The molecule has 1 atom stereocenters. The fourth-order valence-corrected chi connectivity index (χ4v) is 3.18. The quantitative estimate of drug-likeness (QED) is 0.712. The van der Waals surface area contributed by atoms with Crippen LogP contribution in [0.4, 0.5) is 4.39 Å². The van der Waals surface area contributed by atoms with Crippen LogP contribution < -0.4 is 5.73 Å². The molecule has 0 heterocycles. The second-order valence-corrected chi connectivity index (χ2v) is 6.01. The van der Waals surface area contributed by atoms with Gasteiger partial charge in [0.15, 0.2) is 0 Å². The number of hydrogen-bond acceptors (Lipinski definition) is 1. The first-order valence-electron chi connectivity index (χ1n) is 6.82. The van der Waals surface area contributed by atoms with Gasteiger partial charge in [0.1, 0.15) is 5.82 Å². The van der Waals surface area contributed by atoms with Gasteiger partial charge >= 0.3 is 0 Å². The molecule has 3 aromatic rings. The Labute approximate surface area is 131 Å². The highest BCUT2D eigenvalue weighted by Gasteiger charge is 2.11. The van der Waals surface area contributed by atoms with Crippen molar-refractivity contribution in [2.75, 3.05) is 0 Å². The highest BCUT2D eigenvalue weighted by Crippen LogP contribution is 2.26. The Morgan fingerprint density at radius 1 is 0.952 bits per heavy atom. The summed E-state index contributed by atoms with van der Waals surface area (Å²) in [6.45, 7) is 0. The fourth-order valence-electron chi connectivity index (χ4n) is 2.53. The predicted molar refractivity (Wildman–Crippen MR) is 88.7 cm³/mol. The SMILES string of the molecule is NC(Cc1ccc2ccccc2c1)c1ccc(F)cc1Br. The van der Waals surface area contributed by atoms with Crippen LogP contribution in [0.2, 0.25) is 0 Å². The van der Waals surface area contributed by atoms with E-state index in [0.29, 0.717) is 0 Å². The van der Waals surface area contributed by atoms with E-state index in [4.69, 9.17) is 5.73 Å². The topological polar surface area (TPSA) is 26.0 Å². The third-order valence-electron chi connectivity index (χ3n) is 3.63. The number of halogens is 2. The van der Waals surface area contributed by atoms with E-state index >= 15 is 0 Å². The van der Waals surface area contributed by atoms with Gasteiger partial charge in [-0.3, -0.25) is 0 Å². The van der Waals surface area contributed by atoms with Crippen LogP contribution in [0.5, 0.6) is 0 Å². The second-order valence-electron chi connectivity index (χ2n) is 5.16. The van der Waals surface area contributed by atoms with Crippen LogP contribution in [-0.4, -0.2) is 0 Å². The zero-order valence-corrected chi connectivity index (χ0v) is 13.0. The standard InChI is InChI=1S/C18H15BrFN/c19-17-11-15(20)7-8-16(17)18(21)10-12-5-6-13-3-1-2-4-14(13)9-12/h1-9,11,18H,10,21H2. The number of benzene rings is 3. The van der Waals surface area contributed by atoms with Crippen LogP contribution in [0.25, 0.3) is 10.8 Å². The van der Waals surface area contributed by atoms with Crippen molar-refractivity contribution in [3.05, 3.63) is 82.1 Å². The van der Waals surface area contributed by atoms with Crippen LogP contribution in [0.3, 0.4) is 0 Å². The van der Waals surface area contributed by atoms with Crippen molar-refractivity contribution >= 4 is 26.7 Å². The number of rotatable bonds is 3. The molecule has 2 N–H and O–H groups in total. The molecule has 0 bridgehead atoms. The predicted octanol–water partition coefficient (Wildman–Crippen LogP) is 4.98. The van der Waals surface area contributed by atoms with Gasteiger partial charge in [-0.25, -0.2) is 4.39 Å². The van der Waals surface area contributed by atoms with Gasteiger partial charge in [0.05, 0.1) is 0 Å². The Morgan fingerprint density at radius 2 is 1.71 bits per heavy atom. The lowest BCUT2D eigenvalue weighted by molar-refractivity contribution is 0.623. The minimum atomic E-state index is -0.261. The lowest BCUT2D eigenvalue weighted by atomic mass is 9.97. The van der Waals surface area contributed by atoms with Gasteiger partial charge in [0.2, 0.25) is 0 Å². The number of hydrogen-bond donors (Lipinski definition) is 1. The molecule has 0 aliphatic rings. The highest BCUT2D eigenvalue weighted by molar-refractivity contribution is 9.10. The lowest BCUT2D eigenvalue weighted by Crippen LogP contribution is -2.14. The van der Waals surface area contributed by atoms with Crippen LogP contribution in [0.1, 0.15) is 17.2 Å². The number of nitrogens with two attached hydrogens (primary N) is 1. The third-order valence-corrected chi connectivity index (χ3v) is 4.32. The first kappa shape index (κ1) is 14.2. The van der Waals surface area contributed by atoms with Crippen molar-refractivity contribution in [2.24, 2.45) is 5.73 Å². The van der Waals surface area contributed by atoms with Crippen LogP contribution >= 0.6 is 15.9 Å². The highest BCUT2D eigenvalue weighted by atomic mass is 79.9. The molecule has 0 aromatic heterocycles. The van der Waals surface area contributed by atoms with E-state index in [0.717, 1.165) is 16.5 Å². The molecule has 0 spiro atoms. The van der Waals surface area contributed by atoms with Crippen LogP contribution in [-0.2, 0) is 6.42 Å². The van der Waals surface area contributed by atoms with Crippen LogP contribution in [0, 0.1) is 5.82 Å². The fraction of sp³-hybridized carbons (Fsp3) is 0.111. The average Bonchev–Trinajstić information content (AvgIpc) is 2.47. The molecule has 3 heteroatoms. The molecule has 1 nitrogen and oxygen atoms in total. The van der Waals surface area contributed by atoms with Gasteiger partial charge in [-0.1, -0.05) is 64.5 Å². The molecule has 0 amide bonds. The van der Waals surface area contributed by atoms with E-state index < -0.39 is 0 Å². The summed E-state index contributed by atoms with van der Waals surface area (Å²) in [5.41, 5.74) is 8.37. The Hall–Kier alpha value is -1.71. The van der Waals surface area contributed by atoms with Crippen molar-refractivity contribution in [3.63, 3.8) is 0 Å². The molecule has 3 rings (SSSR count). The van der Waals surface area contributed by atoms with Crippen molar-refractivity contribution in [3.8, 4) is 0 Å². The maximum atomic E-state index is 13.1. The maximum absolute atomic E-state index is 13.1. The van der Waals surface area contributed by atoms with E-state index in [2.05, 4.69) is 46.3 Å². The Bertz CT molecular complexity index is 785. The summed E-state index contributed by atoms with van der Waals surface area (Å²) in [5.74, 6) is -0.261. The summed E-state index contributed by atoms with van der Waals surface area (Å²) < 4.78 is 13.9. The van der Waals surface area contributed by atoms with Crippen molar-refractivity contribution in [1.29, 1.82) is 0 Å². The Morgan fingerprint density at radius 3 is 2.48 bits per heavy atom. The van der Waals surface area contributed by atoms with Gasteiger partial charge in [-0.2, -0.15) is 0 Å². The minimum absolute atomic E-state index is 0.166. The maximum Gasteiger partial charge on any atom is 0.124 e. The summed E-state index contributed by atoms with van der Waals surface area (Å²) in [5, 5.41) is 2.43. The van der Waals surface area contributed by atoms with Crippen LogP contribution in [0.15, 0.2) is 65.1 Å². The number of fused-ring (bicyclic) bond motifs is 1. The summed E-state index contributed by atoms with van der Waals surface area (Å²) in [4.78, 5) is 0. The van der Waals surface area contributed by atoms with Crippen molar-refractivity contribution in [2.45, 2.75) is 12.5 Å². The molecule has 106 valence electrons. The molecule has 0 aliphatic carbocycles. The molecule has 1 unspecified atom stereocenters. The van der Waals surface area contributed by atoms with E-state index in [1.54, 1.807) is 6.07 Å². The monoisotopic (exact) mass is 343 g/mol. The smallest absolute Gasteiger partial charge is 0.124 e.